The molecule has 1 saturated carbocycles. The number of anilines is 1. The molecule has 0 aliphatic heterocycles. The molecule has 1 fully saturated rings. The first-order valence-corrected chi connectivity index (χ1v) is 12.5. The highest BCUT2D eigenvalue weighted by Gasteiger charge is 2.27. The molecule has 3 rings (SSSR count). The Morgan fingerprint density at radius 3 is 2.62 bits per heavy atom. The first-order chi connectivity index (χ1) is 16.4. The zero-order chi connectivity index (χ0) is 24.5. The molecule has 0 saturated heterocycles. The quantitative estimate of drug-likeness (QED) is 0.397. The molecule has 2 N–H and O–H groups in total. The lowest BCUT2D eigenvalue weighted by atomic mass is 9.86. The predicted molar refractivity (Wildman–Crippen MR) is 133 cm³/mol. The van der Waals surface area contributed by atoms with E-state index in [0.29, 0.717) is 27.8 Å². The van der Waals surface area contributed by atoms with E-state index < -0.39 is 12.1 Å². The Morgan fingerprint density at radius 1 is 1.09 bits per heavy atom. The van der Waals surface area contributed by atoms with Gasteiger partial charge in [0.15, 0.2) is 6.10 Å². The fraction of sp³-hybridized carbons (Fsp3) is 0.423. The van der Waals surface area contributed by atoms with Gasteiger partial charge in [-0.05, 0) is 49.9 Å². The van der Waals surface area contributed by atoms with Gasteiger partial charge >= 0.3 is 5.97 Å². The second kappa shape index (κ2) is 12.5. The van der Waals surface area contributed by atoms with Crippen molar-refractivity contribution in [3.63, 3.8) is 0 Å². The molecule has 0 bridgehead atoms. The van der Waals surface area contributed by atoms with Crippen molar-refractivity contribution in [3.8, 4) is 5.75 Å². The van der Waals surface area contributed by atoms with Crippen LogP contribution in [0.1, 0.15) is 49.9 Å². The summed E-state index contributed by atoms with van der Waals surface area (Å²) < 4.78 is 10.6. The van der Waals surface area contributed by atoms with Gasteiger partial charge in [0.05, 0.1) is 18.4 Å². The zero-order valence-electron chi connectivity index (χ0n) is 19.8. The Hall–Kier alpha value is -3.00. The Morgan fingerprint density at radius 2 is 1.85 bits per heavy atom. The van der Waals surface area contributed by atoms with Gasteiger partial charge < -0.3 is 20.1 Å². The standard InChI is InChI=1S/C26H32N2O5S/c1-17-9-4-6-13-22(17)28-25(30)18(2)33-26(31)21-12-5-7-14-23(21)34-16-24(29)27-19-10-8-11-20(15-19)32-3/h5,7-8,10-12,14-15,17-18,22H,4,6,9,13,16H2,1-3H3,(H,27,29)(H,28,30). The SMILES string of the molecule is COc1cccc(NC(=O)CSc2ccccc2C(=O)OC(C)C(=O)NC2CCCCC2C)c1. The predicted octanol–water partition coefficient (Wildman–Crippen LogP) is 4.67. The summed E-state index contributed by atoms with van der Waals surface area (Å²) in [6, 6.07) is 14.1. The molecular weight excluding hydrogens is 452 g/mol. The molecular formula is C26H32N2O5S. The van der Waals surface area contributed by atoms with E-state index >= 15 is 0 Å². The van der Waals surface area contributed by atoms with Crippen molar-refractivity contribution in [2.24, 2.45) is 5.92 Å². The number of carbonyl (C=O) groups is 3. The van der Waals surface area contributed by atoms with Crippen molar-refractivity contribution < 1.29 is 23.9 Å². The Labute approximate surface area is 205 Å². The van der Waals surface area contributed by atoms with Crippen LogP contribution in [-0.4, -0.2) is 42.8 Å². The number of hydrogen-bond acceptors (Lipinski definition) is 6. The molecule has 1 aliphatic carbocycles. The third kappa shape index (κ3) is 7.25. The maximum Gasteiger partial charge on any atom is 0.340 e. The van der Waals surface area contributed by atoms with Crippen molar-refractivity contribution in [3.05, 3.63) is 54.1 Å². The lowest BCUT2D eigenvalue weighted by Gasteiger charge is -2.30. The maximum absolute atomic E-state index is 12.8. The Bertz CT molecular complexity index is 1010. The van der Waals surface area contributed by atoms with E-state index in [1.165, 1.54) is 18.2 Å². The number of benzene rings is 2. The topological polar surface area (TPSA) is 93.7 Å². The molecule has 0 spiro atoms. The zero-order valence-corrected chi connectivity index (χ0v) is 20.7. The van der Waals surface area contributed by atoms with E-state index in [0.717, 1.165) is 19.3 Å². The van der Waals surface area contributed by atoms with Crippen LogP contribution in [0.2, 0.25) is 0 Å². The van der Waals surface area contributed by atoms with Crippen molar-refractivity contribution in [1.29, 1.82) is 0 Å². The van der Waals surface area contributed by atoms with E-state index in [1.807, 2.05) is 0 Å². The van der Waals surface area contributed by atoms with Gasteiger partial charge in [0.1, 0.15) is 5.75 Å². The summed E-state index contributed by atoms with van der Waals surface area (Å²) >= 11 is 1.23. The number of rotatable bonds is 9. The van der Waals surface area contributed by atoms with Crippen LogP contribution in [0.15, 0.2) is 53.4 Å². The van der Waals surface area contributed by atoms with Crippen molar-refractivity contribution >= 4 is 35.2 Å². The molecule has 7 nitrogen and oxygen atoms in total. The smallest absolute Gasteiger partial charge is 0.340 e. The number of methoxy groups -OCH3 is 1. The highest BCUT2D eigenvalue weighted by atomic mass is 32.2. The lowest BCUT2D eigenvalue weighted by molar-refractivity contribution is -0.130. The van der Waals surface area contributed by atoms with Crippen LogP contribution < -0.4 is 15.4 Å². The van der Waals surface area contributed by atoms with Gasteiger partial charge in [-0.25, -0.2) is 4.79 Å². The highest BCUT2D eigenvalue weighted by Crippen LogP contribution is 2.26. The lowest BCUT2D eigenvalue weighted by Crippen LogP contribution is -2.46. The summed E-state index contributed by atoms with van der Waals surface area (Å²) in [6.07, 6.45) is 3.42. The van der Waals surface area contributed by atoms with Gasteiger partial charge in [0, 0.05) is 22.7 Å². The fourth-order valence-corrected chi connectivity index (χ4v) is 4.75. The molecule has 0 radical (unpaired) electrons. The van der Waals surface area contributed by atoms with E-state index in [4.69, 9.17) is 9.47 Å². The molecule has 1 aliphatic rings. The minimum absolute atomic E-state index is 0.108. The molecule has 2 aromatic carbocycles. The van der Waals surface area contributed by atoms with E-state index in [9.17, 15) is 14.4 Å². The van der Waals surface area contributed by atoms with Gasteiger partial charge in [-0.15, -0.1) is 11.8 Å². The molecule has 182 valence electrons. The first-order valence-electron chi connectivity index (χ1n) is 11.5. The number of thioether (sulfide) groups is 1. The summed E-state index contributed by atoms with van der Waals surface area (Å²) in [4.78, 5) is 38.4. The molecule has 2 amide bonds. The van der Waals surface area contributed by atoms with Crippen LogP contribution in [0.3, 0.4) is 0 Å². The third-order valence-electron chi connectivity index (χ3n) is 5.91. The first kappa shape index (κ1) is 25.6. The number of ether oxygens (including phenoxy) is 2. The largest absolute Gasteiger partial charge is 0.497 e. The van der Waals surface area contributed by atoms with Crippen LogP contribution in [0.25, 0.3) is 0 Å². The number of nitrogens with one attached hydrogen (secondary N) is 2. The Kier molecular flexibility index (Phi) is 9.39. The van der Waals surface area contributed by atoms with Crippen LogP contribution >= 0.6 is 11.8 Å². The molecule has 3 atom stereocenters. The molecule has 2 aromatic rings. The maximum atomic E-state index is 12.8. The van der Waals surface area contributed by atoms with Crippen molar-refractivity contribution in [1.82, 2.24) is 5.32 Å². The number of esters is 1. The summed E-state index contributed by atoms with van der Waals surface area (Å²) in [5, 5.41) is 5.84. The molecule has 34 heavy (non-hydrogen) atoms. The molecule has 0 heterocycles. The van der Waals surface area contributed by atoms with Crippen molar-refractivity contribution in [2.75, 3.05) is 18.2 Å². The minimum atomic E-state index is -0.906. The molecule has 0 aromatic heterocycles. The van der Waals surface area contributed by atoms with E-state index in [-0.39, 0.29) is 23.6 Å². The molecule has 8 heteroatoms. The second-order valence-corrected chi connectivity index (χ2v) is 9.51. The summed E-state index contributed by atoms with van der Waals surface area (Å²) in [7, 11) is 1.56. The van der Waals surface area contributed by atoms with Crippen LogP contribution in [-0.2, 0) is 14.3 Å². The van der Waals surface area contributed by atoms with Gasteiger partial charge in [-0.1, -0.05) is 38.0 Å². The number of hydrogen-bond donors (Lipinski definition) is 2. The third-order valence-corrected chi connectivity index (χ3v) is 6.98. The van der Waals surface area contributed by atoms with E-state index in [1.54, 1.807) is 62.6 Å². The molecule has 3 unspecified atom stereocenters. The van der Waals surface area contributed by atoms with Crippen LogP contribution in [0.5, 0.6) is 5.75 Å². The van der Waals surface area contributed by atoms with Gasteiger partial charge in [-0.3, -0.25) is 9.59 Å². The van der Waals surface area contributed by atoms with E-state index in [2.05, 4.69) is 17.6 Å². The van der Waals surface area contributed by atoms with Gasteiger partial charge in [0.25, 0.3) is 5.91 Å². The van der Waals surface area contributed by atoms with Crippen molar-refractivity contribution in [2.45, 2.75) is 56.6 Å². The fourth-order valence-electron chi connectivity index (χ4n) is 3.91. The van der Waals surface area contributed by atoms with Crippen LogP contribution in [0.4, 0.5) is 5.69 Å². The summed E-state index contributed by atoms with van der Waals surface area (Å²) in [6.45, 7) is 3.72. The summed E-state index contributed by atoms with van der Waals surface area (Å²) in [5.41, 5.74) is 0.956. The minimum Gasteiger partial charge on any atom is -0.497 e. The normalized spacial score (nSPS) is 18.4. The Balaban J connectivity index is 1.55. The second-order valence-electron chi connectivity index (χ2n) is 8.49. The monoisotopic (exact) mass is 484 g/mol. The average molecular weight is 485 g/mol. The highest BCUT2D eigenvalue weighted by molar-refractivity contribution is 8.00. The van der Waals surface area contributed by atoms with Gasteiger partial charge in [0.2, 0.25) is 5.91 Å². The van der Waals surface area contributed by atoms with Crippen LogP contribution in [0, 0.1) is 5.92 Å². The van der Waals surface area contributed by atoms with Gasteiger partial charge in [-0.2, -0.15) is 0 Å². The number of carbonyl (C=O) groups excluding carboxylic acids is 3. The average Bonchev–Trinajstić information content (AvgIpc) is 2.84. The number of amides is 2. The summed E-state index contributed by atoms with van der Waals surface area (Å²) in [5.74, 6) is 0.0914.